The fourth-order valence-electron chi connectivity index (χ4n) is 1.96. The van der Waals surface area contributed by atoms with Gasteiger partial charge in [-0.25, -0.2) is 9.18 Å². The second kappa shape index (κ2) is 6.65. The number of hydrogen-bond donors (Lipinski definition) is 2. The van der Waals surface area contributed by atoms with Gasteiger partial charge in [0, 0.05) is 0 Å². The van der Waals surface area contributed by atoms with E-state index < -0.39 is 23.7 Å². The van der Waals surface area contributed by atoms with Crippen LogP contribution in [0.1, 0.15) is 17.2 Å². The number of halogens is 1. The molecule has 4 nitrogen and oxygen atoms in total. The van der Waals surface area contributed by atoms with Crippen LogP contribution in [0, 0.1) is 5.82 Å². The molecule has 0 aliphatic rings. The van der Waals surface area contributed by atoms with E-state index in [0.29, 0.717) is 5.56 Å². The SMILES string of the molecule is O=C(Cc1ccccc1F)NC(C(=O)O)c1ccccc1. The lowest BCUT2D eigenvalue weighted by molar-refractivity contribution is -0.142. The first kappa shape index (κ1) is 14.7. The number of aliphatic carboxylic acids is 1. The van der Waals surface area contributed by atoms with E-state index in [4.69, 9.17) is 0 Å². The van der Waals surface area contributed by atoms with E-state index in [0.717, 1.165) is 0 Å². The maximum Gasteiger partial charge on any atom is 0.330 e. The van der Waals surface area contributed by atoms with Gasteiger partial charge in [0.2, 0.25) is 5.91 Å². The first-order valence-corrected chi connectivity index (χ1v) is 6.38. The predicted octanol–water partition coefficient (Wildman–Crippen LogP) is 2.31. The van der Waals surface area contributed by atoms with E-state index in [-0.39, 0.29) is 12.0 Å². The van der Waals surface area contributed by atoms with E-state index in [2.05, 4.69) is 5.32 Å². The van der Waals surface area contributed by atoms with Crippen LogP contribution in [0.2, 0.25) is 0 Å². The Morgan fingerprint density at radius 1 is 1.05 bits per heavy atom. The Balaban J connectivity index is 2.10. The van der Waals surface area contributed by atoms with Gasteiger partial charge in [-0.15, -0.1) is 0 Å². The quantitative estimate of drug-likeness (QED) is 0.887. The van der Waals surface area contributed by atoms with Crippen LogP contribution in [0.25, 0.3) is 0 Å². The van der Waals surface area contributed by atoms with Crippen molar-refractivity contribution in [3.63, 3.8) is 0 Å². The summed E-state index contributed by atoms with van der Waals surface area (Å²) in [4.78, 5) is 23.2. The van der Waals surface area contributed by atoms with Crippen molar-refractivity contribution < 1.29 is 19.1 Å². The summed E-state index contributed by atoms with van der Waals surface area (Å²) >= 11 is 0. The summed E-state index contributed by atoms with van der Waals surface area (Å²) in [5.74, 6) is -2.20. The van der Waals surface area contributed by atoms with Crippen LogP contribution >= 0.6 is 0 Å². The van der Waals surface area contributed by atoms with Crippen LogP contribution in [0.4, 0.5) is 4.39 Å². The Morgan fingerprint density at radius 3 is 2.29 bits per heavy atom. The minimum atomic E-state index is -1.16. The van der Waals surface area contributed by atoms with Crippen molar-refractivity contribution in [3.8, 4) is 0 Å². The number of benzene rings is 2. The minimum Gasteiger partial charge on any atom is -0.479 e. The fraction of sp³-hybridized carbons (Fsp3) is 0.125. The molecule has 0 fully saturated rings. The molecule has 0 saturated carbocycles. The Kier molecular flexibility index (Phi) is 4.66. The first-order chi connectivity index (χ1) is 10.1. The van der Waals surface area contributed by atoms with Gasteiger partial charge in [-0.3, -0.25) is 4.79 Å². The maximum absolute atomic E-state index is 13.5. The molecule has 21 heavy (non-hydrogen) atoms. The molecule has 1 amide bonds. The molecule has 0 heterocycles. The molecular weight excluding hydrogens is 273 g/mol. The van der Waals surface area contributed by atoms with Crippen LogP contribution < -0.4 is 5.32 Å². The van der Waals surface area contributed by atoms with Gasteiger partial charge in [-0.2, -0.15) is 0 Å². The normalized spacial score (nSPS) is 11.7. The number of carbonyl (C=O) groups excluding carboxylic acids is 1. The molecule has 2 aromatic carbocycles. The number of nitrogens with one attached hydrogen (secondary N) is 1. The zero-order valence-electron chi connectivity index (χ0n) is 11.1. The highest BCUT2D eigenvalue weighted by molar-refractivity contribution is 5.85. The van der Waals surface area contributed by atoms with E-state index in [1.807, 2.05) is 0 Å². The molecule has 0 aromatic heterocycles. The van der Waals surface area contributed by atoms with E-state index >= 15 is 0 Å². The van der Waals surface area contributed by atoms with Crippen LogP contribution in [0.15, 0.2) is 54.6 Å². The third-order valence-electron chi connectivity index (χ3n) is 2.99. The van der Waals surface area contributed by atoms with Crippen molar-refractivity contribution in [2.75, 3.05) is 0 Å². The second-order valence-corrected chi connectivity index (χ2v) is 4.52. The highest BCUT2D eigenvalue weighted by Crippen LogP contribution is 2.14. The number of amides is 1. The van der Waals surface area contributed by atoms with Crippen molar-refractivity contribution in [2.45, 2.75) is 12.5 Å². The zero-order valence-corrected chi connectivity index (χ0v) is 11.1. The third kappa shape index (κ3) is 3.89. The predicted molar refractivity (Wildman–Crippen MR) is 75.1 cm³/mol. The van der Waals surface area contributed by atoms with Crippen molar-refractivity contribution in [1.82, 2.24) is 5.32 Å². The first-order valence-electron chi connectivity index (χ1n) is 6.38. The molecule has 5 heteroatoms. The molecule has 108 valence electrons. The van der Waals surface area contributed by atoms with Gasteiger partial charge in [0.25, 0.3) is 0 Å². The Hall–Kier alpha value is -2.69. The molecule has 2 N–H and O–H groups in total. The summed E-state index contributed by atoms with van der Waals surface area (Å²) in [6.45, 7) is 0. The lowest BCUT2D eigenvalue weighted by atomic mass is 10.1. The van der Waals surface area contributed by atoms with Gasteiger partial charge in [-0.05, 0) is 17.2 Å². The average Bonchev–Trinajstić information content (AvgIpc) is 2.48. The monoisotopic (exact) mass is 287 g/mol. The summed E-state index contributed by atoms with van der Waals surface area (Å²) in [5.41, 5.74) is 0.694. The molecule has 2 aromatic rings. The molecule has 0 aliphatic carbocycles. The maximum atomic E-state index is 13.5. The van der Waals surface area contributed by atoms with Crippen LogP contribution in [0.5, 0.6) is 0 Å². The van der Waals surface area contributed by atoms with Gasteiger partial charge in [-0.1, -0.05) is 48.5 Å². The van der Waals surface area contributed by atoms with E-state index in [1.54, 1.807) is 36.4 Å². The molecular formula is C16H14FNO3. The largest absolute Gasteiger partial charge is 0.479 e. The fourth-order valence-corrected chi connectivity index (χ4v) is 1.96. The Morgan fingerprint density at radius 2 is 1.67 bits per heavy atom. The summed E-state index contributed by atoms with van der Waals surface area (Å²) < 4.78 is 13.5. The second-order valence-electron chi connectivity index (χ2n) is 4.52. The topological polar surface area (TPSA) is 66.4 Å². The number of carboxylic acid groups (broad SMARTS) is 1. The van der Waals surface area contributed by atoms with Crippen molar-refractivity contribution in [3.05, 3.63) is 71.5 Å². The smallest absolute Gasteiger partial charge is 0.330 e. The molecule has 0 aliphatic heterocycles. The van der Waals surface area contributed by atoms with Gasteiger partial charge in [0.1, 0.15) is 5.82 Å². The highest BCUT2D eigenvalue weighted by atomic mass is 19.1. The summed E-state index contributed by atoms with van der Waals surface area (Å²) in [5, 5.41) is 11.6. The van der Waals surface area contributed by atoms with Gasteiger partial charge in [0.15, 0.2) is 6.04 Å². The molecule has 1 unspecified atom stereocenters. The van der Waals surface area contributed by atoms with E-state index in [1.165, 1.54) is 18.2 Å². The standard InChI is InChI=1S/C16H14FNO3/c17-13-9-5-4-8-12(13)10-14(19)18-15(16(20)21)11-6-2-1-3-7-11/h1-9,15H,10H2,(H,18,19)(H,20,21). The number of rotatable bonds is 5. The molecule has 0 saturated heterocycles. The lowest BCUT2D eigenvalue weighted by Crippen LogP contribution is -2.34. The van der Waals surface area contributed by atoms with Crippen molar-refractivity contribution in [2.24, 2.45) is 0 Å². The minimum absolute atomic E-state index is 0.205. The van der Waals surface area contributed by atoms with Crippen LogP contribution in [-0.2, 0) is 16.0 Å². The van der Waals surface area contributed by atoms with Crippen LogP contribution in [0.3, 0.4) is 0 Å². The van der Waals surface area contributed by atoms with E-state index in [9.17, 15) is 19.1 Å². The molecule has 0 spiro atoms. The average molecular weight is 287 g/mol. The molecule has 2 rings (SSSR count). The third-order valence-corrected chi connectivity index (χ3v) is 2.99. The summed E-state index contributed by atoms with van der Waals surface area (Å²) in [6, 6.07) is 13.1. The molecule has 0 radical (unpaired) electrons. The summed E-state index contributed by atoms with van der Waals surface area (Å²) in [6.07, 6.45) is -0.205. The van der Waals surface area contributed by atoms with Gasteiger partial charge < -0.3 is 10.4 Å². The van der Waals surface area contributed by atoms with Gasteiger partial charge in [0.05, 0.1) is 6.42 Å². The Labute approximate surface area is 121 Å². The number of hydrogen-bond acceptors (Lipinski definition) is 2. The molecule has 1 atom stereocenters. The number of carbonyl (C=O) groups is 2. The lowest BCUT2D eigenvalue weighted by Gasteiger charge is -2.15. The molecule has 0 bridgehead atoms. The highest BCUT2D eigenvalue weighted by Gasteiger charge is 2.22. The van der Waals surface area contributed by atoms with Crippen LogP contribution in [-0.4, -0.2) is 17.0 Å². The zero-order chi connectivity index (χ0) is 15.2. The summed E-state index contributed by atoms with van der Waals surface area (Å²) in [7, 11) is 0. The van der Waals surface area contributed by atoms with Crippen molar-refractivity contribution in [1.29, 1.82) is 0 Å². The van der Waals surface area contributed by atoms with Gasteiger partial charge >= 0.3 is 5.97 Å². The van der Waals surface area contributed by atoms with Crippen molar-refractivity contribution >= 4 is 11.9 Å². The number of carboxylic acids is 1. The Bertz CT molecular complexity index is 643.